The Morgan fingerprint density at radius 1 is 1.32 bits per heavy atom. The summed E-state index contributed by atoms with van der Waals surface area (Å²) < 4.78 is 1.26. The summed E-state index contributed by atoms with van der Waals surface area (Å²) in [7, 11) is 5.17. The first-order valence-electron chi connectivity index (χ1n) is 7.43. The molecule has 0 atom stereocenters. The van der Waals surface area contributed by atoms with Gasteiger partial charge in [0.2, 0.25) is 5.82 Å². The van der Waals surface area contributed by atoms with Gasteiger partial charge in [-0.2, -0.15) is 5.10 Å². The van der Waals surface area contributed by atoms with E-state index in [4.69, 9.17) is 0 Å². The monoisotopic (exact) mass is 340 g/mol. The number of para-hydroxylation sites is 1. The topological polar surface area (TPSA) is 106 Å². The highest BCUT2D eigenvalue weighted by atomic mass is 16.6. The van der Waals surface area contributed by atoms with Gasteiger partial charge in [0.25, 0.3) is 5.91 Å². The lowest BCUT2D eigenvalue weighted by Crippen LogP contribution is -2.18. The molecule has 2 heterocycles. The predicted molar refractivity (Wildman–Crippen MR) is 93.9 cm³/mol. The Morgan fingerprint density at radius 3 is 2.72 bits per heavy atom. The zero-order valence-electron chi connectivity index (χ0n) is 13.9. The molecule has 3 rings (SSSR count). The number of carbonyl (C=O) groups excluding carboxylic acids is 1. The quantitative estimate of drug-likeness (QED) is 0.576. The van der Waals surface area contributed by atoms with Crippen molar-refractivity contribution in [2.45, 2.75) is 0 Å². The molecular formula is C16H16N6O3. The van der Waals surface area contributed by atoms with Crippen LogP contribution in [0.5, 0.6) is 0 Å². The fourth-order valence-corrected chi connectivity index (χ4v) is 2.46. The second-order valence-electron chi connectivity index (χ2n) is 5.65. The van der Waals surface area contributed by atoms with Crippen LogP contribution in [-0.2, 0) is 7.05 Å². The molecule has 0 saturated carbocycles. The lowest BCUT2D eigenvalue weighted by molar-refractivity contribution is -0.384. The maximum atomic E-state index is 12.8. The molecule has 25 heavy (non-hydrogen) atoms. The van der Waals surface area contributed by atoms with Crippen molar-refractivity contribution in [2.24, 2.45) is 7.05 Å². The van der Waals surface area contributed by atoms with Crippen LogP contribution in [-0.4, -0.2) is 39.7 Å². The maximum Gasteiger partial charge on any atom is 0.331 e. The van der Waals surface area contributed by atoms with Crippen LogP contribution in [0.3, 0.4) is 0 Å². The van der Waals surface area contributed by atoms with Crippen molar-refractivity contribution >= 4 is 34.1 Å². The van der Waals surface area contributed by atoms with Gasteiger partial charge >= 0.3 is 5.69 Å². The molecule has 2 aromatic heterocycles. The zero-order chi connectivity index (χ0) is 18.1. The van der Waals surface area contributed by atoms with Gasteiger partial charge in [0.1, 0.15) is 12.0 Å². The van der Waals surface area contributed by atoms with E-state index < -0.39 is 10.8 Å². The first kappa shape index (κ1) is 16.4. The largest absolute Gasteiger partial charge is 0.363 e. The Hall–Kier alpha value is -3.49. The molecule has 0 fully saturated rings. The Bertz CT molecular complexity index is 979. The molecule has 0 unspecified atom stereocenters. The molecule has 0 radical (unpaired) electrons. The number of aromatic nitrogens is 3. The van der Waals surface area contributed by atoms with Crippen LogP contribution in [0.2, 0.25) is 0 Å². The van der Waals surface area contributed by atoms with Crippen LogP contribution in [0, 0.1) is 10.1 Å². The van der Waals surface area contributed by atoms with E-state index in [-0.39, 0.29) is 11.5 Å². The molecule has 3 aromatic rings. The van der Waals surface area contributed by atoms with Crippen molar-refractivity contribution in [3.8, 4) is 0 Å². The molecule has 0 spiro atoms. The van der Waals surface area contributed by atoms with E-state index >= 15 is 0 Å². The minimum Gasteiger partial charge on any atom is -0.363 e. The van der Waals surface area contributed by atoms with E-state index in [1.54, 1.807) is 17.0 Å². The Labute approximate surface area is 143 Å². The van der Waals surface area contributed by atoms with E-state index in [0.29, 0.717) is 22.3 Å². The summed E-state index contributed by atoms with van der Waals surface area (Å²) in [5.74, 6) is 0.180. The minimum absolute atomic E-state index is 0.0299. The summed E-state index contributed by atoms with van der Waals surface area (Å²) in [6.07, 6.45) is 1.10. The second-order valence-corrected chi connectivity index (χ2v) is 5.65. The number of nitrogens with one attached hydrogen (secondary N) is 1. The number of amides is 1. The normalized spacial score (nSPS) is 10.7. The number of hydrogen-bond donors (Lipinski definition) is 1. The SMILES string of the molecule is CN(C)c1cc(C(=O)Nc2c([N+](=O)[O-])cnn2C)c2ccccc2n1. The Kier molecular flexibility index (Phi) is 4.05. The van der Waals surface area contributed by atoms with E-state index in [0.717, 1.165) is 6.20 Å². The van der Waals surface area contributed by atoms with Crippen molar-refractivity contribution in [3.63, 3.8) is 0 Å². The number of fused-ring (bicyclic) bond motifs is 1. The van der Waals surface area contributed by atoms with Gasteiger partial charge in [-0.25, -0.2) is 9.67 Å². The van der Waals surface area contributed by atoms with Crippen LogP contribution in [0.25, 0.3) is 10.9 Å². The molecule has 9 heteroatoms. The number of rotatable bonds is 4. The van der Waals surface area contributed by atoms with Gasteiger partial charge in [-0.05, 0) is 12.1 Å². The Balaban J connectivity index is 2.08. The molecular weight excluding hydrogens is 324 g/mol. The third kappa shape index (κ3) is 2.99. The van der Waals surface area contributed by atoms with Crippen molar-refractivity contribution in [1.82, 2.24) is 14.8 Å². The van der Waals surface area contributed by atoms with Gasteiger partial charge in [0, 0.05) is 26.5 Å². The summed E-state index contributed by atoms with van der Waals surface area (Å²) in [5.41, 5.74) is 0.783. The average Bonchev–Trinajstić information content (AvgIpc) is 2.94. The molecule has 1 N–H and O–H groups in total. The number of aryl methyl sites for hydroxylation is 1. The number of carbonyl (C=O) groups is 1. The van der Waals surface area contributed by atoms with Gasteiger partial charge in [-0.1, -0.05) is 18.2 Å². The van der Waals surface area contributed by atoms with E-state index in [1.165, 1.54) is 11.7 Å². The predicted octanol–water partition coefficient (Wildman–Crippen LogP) is 2.19. The maximum absolute atomic E-state index is 12.8. The van der Waals surface area contributed by atoms with Crippen molar-refractivity contribution < 1.29 is 9.72 Å². The lowest BCUT2D eigenvalue weighted by Gasteiger charge is -2.15. The smallest absolute Gasteiger partial charge is 0.331 e. The number of anilines is 2. The third-order valence-electron chi connectivity index (χ3n) is 3.75. The van der Waals surface area contributed by atoms with Crippen LogP contribution in [0.4, 0.5) is 17.3 Å². The average molecular weight is 340 g/mol. The van der Waals surface area contributed by atoms with Gasteiger partial charge in [0.05, 0.1) is 16.0 Å². The van der Waals surface area contributed by atoms with Crippen LogP contribution in [0.15, 0.2) is 36.5 Å². The molecule has 0 aliphatic rings. The third-order valence-corrected chi connectivity index (χ3v) is 3.75. The van der Waals surface area contributed by atoms with Gasteiger partial charge in [-0.15, -0.1) is 0 Å². The summed E-state index contributed by atoms with van der Waals surface area (Å²) >= 11 is 0. The van der Waals surface area contributed by atoms with Crippen LogP contribution in [0.1, 0.15) is 10.4 Å². The van der Waals surface area contributed by atoms with E-state index in [9.17, 15) is 14.9 Å². The summed E-state index contributed by atoms with van der Waals surface area (Å²) in [6, 6.07) is 8.89. The number of hydrogen-bond acceptors (Lipinski definition) is 6. The lowest BCUT2D eigenvalue weighted by atomic mass is 10.1. The highest BCUT2D eigenvalue weighted by Crippen LogP contribution is 2.26. The van der Waals surface area contributed by atoms with Gasteiger partial charge in [-0.3, -0.25) is 14.9 Å². The number of nitrogens with zero attached hydrogens (tertiary/aromatic N) is 5. The summed E-state index contributed by atoms with van der Waals surface area (Å²) in [6.45, 7) is 0. The van der Waals surface area contributed by atoms with Crippen molar-refractivity contribution in [1.29, 1.82) is 0 Å². The van der Waals surface area contributed by atoms with Crippen LogP contribution < -0.4 is 10.2 Å². The standard InChI is InChI=1S/C16H16N6O3/c1-20(2)14-8-11(10-6-4-5-7-12(10)18-14)16(23)19-15-13(22(24)25)9-17-21(15)3/h4-9H,1-3H3,(H,19,23). The molecule has 0 saturated heterocycles. The van der Waals surface area contributed by atoms with Crippen LogP contribution >= 0.6 is 0 Å². The number of pyridine rings is 1. The number of benzene rings is 1. The van der Waals surface area contributed by atoms with Crippen molar-refractivity contribution in [2.75, 3.05) is 24.3 Å². The van der Waals surface area contributed by atoms with Gasteiger partial charge < -0.3 is 10.2 Å². The van der Waals surface area contributed by atoms with E-state index in [1.807, 2.05) is 32.3 Å². The minimum atomic E-state index is -0.585. The highest BCUT2D eigenvalue weighted by molar-refractivity contribution is 6.13. The summed E-state index contributed by atoms with van der Waals surface area (Å²) in [4.78, 5) is 29.6. The zero-order valence-corrected chi connectivity index (χ0v) is 13.9. The van der Waals surface area contributed by atoms with E-state index in [2.05, 4.69) is 15.4 Å². The molecule has 0 bridgehead atoms. The molecule has 1 aromatic carbocycles. The first-order chi connectivity index (χ1) is 11.9. The second kappa shape index (κ2) is 6.19. The molecule has 128 valence electrons. The highest BCUT2D eigenvalue weighted by Gasteiger charge is 2.23. The summed E-state index contributed by atoms with van der Waals surface area (Å²) in [5, 5.41) is 18.2. The molecule has 0 aliphatic heterocycles. The molecule has 0 aliphatic carbocycles. The first-order valence-corrected chi connectivity index (χ1v) is 7.43. The fourth-order valence-electron chi connectivity index (χ4n) is 2.46. The molecule has 1 amide bonds. The van der Waals surface area contributed by atoms with Gasteiger partial charge in [0.15, 0.2) is 0 Å². The number of nitro groups is 1. The van der Waals surface area contributed by atoms with Crippen molar-refractivity contribution in [3.05, 3.63) is 52.2 Å². The fraction of sp³-hybridized carbons (Fsp3) is 0.188. The molecule has 9 nitrogen and oxygen atoms in total. The Morgan fingerprint density at radius 2 is 2.04 bits per heavy atom.